The lowest BCUT2D eigenvalue weighted by Crippen LogP contribution is -2.66. The predicted octanol–water partition coefficient (Wildman–Crippen LogP) is 16.0. The van der Waals surface area contributed by atoms with E-state index in [1.54, 1.807) is 0 Å². The average Bonchev–Trinajstić information content (AvgIpc) is 0.768. The number of nitrogens with zero attached hydrogens (tertiary/aromatic N) is 9. The van der Waals surface area contributed by atoms with Gasteiger partial charge in [-0.15, -0.1) is 0 Å². The number of hydrogen-bond acceptors (Lipinski definition) is 16. The molecule has 22 heteroatoms. The van der Waals surface area contributed by atoms with E-state index in [4.69, 9.17) is 61.6 Å². The Morgan fingerprint density at radius 3 is 1.04 bits per heavy atom. The van der Waals surface area contributed by atoms with E-state index in [1.165, 1.54) is 0 Å². The number of rotatable bonds is 41. The molecule has 103 heavy (non-hydrogen) atoms. The maximum Gasteiger partial charge on any atom is 0.169 e. The largest absolute Gasteiger partial charge is 0.376 e. The molecule has 0 saturated carbocycles. The van der Waals surface area contributed by atoms with Crippen molar-refractivity contribution in [2.75, 3.05) is 26.4 Å². The van der Waals surface area contributed by atoms with Gasteiger partial charge in [-0.2, -0.15) is 0 Å². The normalized spacial score (nSPS) is 21.3. The Kier molecular flexibility index (Phi) is 30.0. The Labute approximate surface area is 600 Å². The van der Waals surface area contributed by atoms with Gasteiger partial charge in [0, 0.05) is 14.7 Å². The molecule has 0 radical (unpaired) electrons. The van der Waals surface area contributed by atoms with Gasteiger partial charge in [0.1, 0.15) is 60.9 Å². The van der Waals surface area contributed by atoms with Crippen molar-refractivity contribution in [2.45, 2.75) is 145 Å². The molecule has 0 unspecified atom stereocenters. The quantitative estimate of drug-likeness (QED) is 0.0196. The van der Waals surface area contributed by atoms with Gasteiger partial charge in [0.05, 0.1) is 98.0 Å². The molecule has 0 amide bonds. The molecule has 11 rings (SSSR count). The summed E-state index contributed by atoms with van der Waals surface area (Å²) in [5.74, 6) is 0. The van der Waals surface area contributed by atoms with E-state index in [0.29, 0.717) is 0 Å². The van der Waals surface area contributed by atoms with Crippen LogP contribution in [0.4, 0.5) is 0 Å². The van der Waals surface area contributed by atoms with E-state index in [2.05, 4.69) is 30.1 Å². The average molecular weight is 1390 g/mol. The van der Waals surface area contributed by atoms with Gasteiger partial charge in [0.2, 0.25) is 0 Å². The third-order valence-corrected chi connectivity index (χ3v) is 17.5. The maximum atomic E-state index is 11.0. The molecule has 14 atom stereocenters. The second-order valence-corrected chi connectivity index (χ2v) is 24.8. The predicted molar refractivity (Wildman–Crippen MR) is 385 cm³/mol. The van der Waals surface area contributed by atoms with E-state index < -0.39 is 85.6 Å². The second kappa shape index (κ2) is 41.5. The van der Waals surface area contributed by atoms with Crippen molar-refractivity contribution >= 4 is 0 Å². The first-order valence-electron chi connectivity index (χ1n) is 34.5. The highest BCUT2D eigenvalue weighted by Gasteiger charge is 2.55. The summed E-state index contributed by atoms with van der Waals surface area (Å²) in [6.45, 7) is 0.369. The summed E-state index contributed by atoms with van der Waals surface area (Å²) in [6.07, 6.45) is -13.5. The minimum Gasteiger partial charge on any atom is -0.376 e. The van der Waals surface area contributed by atoms with Crippen molar-refractivity contribution < 1.29 is 61.6 Å². The van der Waals surface area contributed by atoms with Crippen LogP contribution in [0.2, 0.25) is 0 Å². The first-order chi connectivity index (χ1) is 51.0. The smallest absolute Gasteiger partial charge is 0.169 e. The van der Waals surface area contributed by atoms with Crippen LogP contribution in [0.1, 0.15) is 50.1 Å². The second-order valence-electron chi connectivity index (χ2n) is 24.8. The fraction of sp³-hybridized carbons (Fsp3) is 0.333. The summed E-state index contributed by atoms with van der Waals surface area (Å²) >= 11 is 0. The van der Waals surface area contributed by atoms with Crippen molar-refractivity contribution in [1.29, 1.82) is 0 Å². The van der Waals surface area contributed by atoms with Gasteiger partial charge in [0.25, 0.3) is 0 Å². The fourth-order valence-corrected chi connectivity index (χ4v) is 12.3. The zero-order chi connectivity index (χ0) is 70.7. The molecule has 532 valence electrons. The van der Waals surface area contributed by atoms with Crippen molar-refractivity contribution in [3.63, 3.8) is 0 Å². The van der Waals surface area contributed by atoms with Gasteiger partial charge in [-0.3, -0.25) is 0 Å². The molecule has 0 aliphatic carbocycles. The lowest BCUT2D eigenvalue weighted by molar-refractivity contribution is -0.350. The Bertz CT molecular complexity index is 4000. The highest BCUT2D eigenvalue weighted by Crippen LogP contribution is 2.38. The van der Waals surface area contributed by atoms with Gasteiger partial charge in [-0.25, -0.2) is 0 Å². The molecule has 2 aliphatic rings. The number of hydrogen-bond donors (Lipinski definition) is 0. The van der Waals surface area contributed by atoms with Gasteiger partial charge >= 0.3 is 0 Å². The first-order valence-corrected chi connectivity index (χ1v) is 34.5. The van der Waals surface area contributed by atoms with Crippen LogP contribution in [0.5, 0.6) is 0 Å². The summed E-state index contributed by atoms with van der Waals surface area (Å²) in [4.78, 5) is 10.3. The summed E-state index contributed by atoms with van der Waals surface area (Å²) in [5.41, 5.74) is 40.1. The third-order valence-electron chi connectivity index (χ3n) is 17.5. The Balaban J connectivity index is 1.03. The zero-order valence-electron chi connectivity index (χ0n) is 57.1. The fourth-order valence-electron chi connectivity index (χ4n) is 12.3. The minimum absolute atomic E-state index is 0.00200. The zero-order valence-corrected chi connectivity index (χ0v) is 57.1. The molecule has 2 saturated heterocycles. The molecule has 22 nitrogen and oxygen atoms in total. The molecule has 9 aromatic rings. The summed E-state index contributed by atoms with van der Waals surface area (Å²) < 4.78 is 91.2. The van der Waals surface area contributed by atoms with Crippen molar-refractivity contribution in [3.8, 4) is 0 Å². The van der Waals surface area contributed by atoms with Crippen LogP contribution < -0.4 is 0 Å². The molecule has 2 aliphatic heterocycles. The molecular formula is C81H85N9O13. The summed E-state index contributed by atoms with van der Waals surface area (Å²) in [6, 6.07) is 82.8. The van der Waals surface area contributed by atoms with Crippen LogP contribution in [-0.2, 0) is 121 Å². The van der Waals surface area contributed by atoms with Gasteiger partial charge in [-0.1, -0.05) is 288 Å². The van der Waals surface area contributed by atoms with E-state index in [0.717, 1.165) is 50.1 Å². The minimum atomic E-state index is -1.58. The first kappa shape index (κ1) is 74.6. The van der Waals surface area contributed by atoms with Crippen molar-refractivity contribution in [3.05, 3.63) is 354 Å². The van der Waals surface area contributed by atoms with Crippen LogP contribution in [0.15, 0.2) is 288 Å². The molecule has 2 fully saturated rings. The Morgan fingerprint density at radius 2 is 0.641 bits per heavy atom. The van der Waals surface area contributed by atoms with E-state index in [1.807, 2.05) is 273 Å². The summed E-state index contributed by atoms with van der Waals surface area (Å²) in [7, 11) is 0. The Hall–Kier alpha value is -9.61. The topological polar surface area (TPSA) is 266 Å². The van der Waals surface area contributed by atoms with E-state index >= 15 is 0 Å². The molecule has 2 heterocycles. The van der Waals surface area contributed by atoms with Crippen LogP contribution in [0.3, 0.4) is 0 Å². The van der Waals surface area contributed by atoms with Crippen molar-refractivity contribution in [1.82, 2.24) is 0 Å². The number of benzene rings is 9. The third kappa shape index (κ3) is 23.2. The van der Waals surface area contributed by atoms with Crippen molar-refractivity contribution in [2.24, 2.45) is 15.3 Å². The number of azide groups is 3. The molecule has 0 aromatic heterocycles. The number of ether oxygens (including phenoxy) is 13. The standard InChI is InChI=1S/C81H85N9O13/c82-88-85-68(55-91-46-59-28-10-1-11-29-59)74(96-51-64-38-20-6-21-39-64)76(69(95-50-63-36-18-5-19-37-63)56-92-47-60-30-12-2-13-31-60)102-81-73(87-90-84)79(99-54-67-44-26-9-27-45-67)77(71(101-81)58-94-49-62-34-16-4-17-35-62)103-80-72(86-89-83)78(98-53-66-42-24-8-25-43-66)75(97-52-65-40-22-7-23-41-65)70(100-80)57-93-48-61-32-14-3-15-33-61/h1-45,68-81H,46-58H2/t68-,69+,70+,71+,72+,73+,74+,75+,76+,77+,78+,79+,80-,81-/m0/s1. The van der Waals surface area contributed by atoms with E-state index in [-0.39, 0.29) is 85.9 Å². The van der Waals surface area contributed by atoms with Crippen LogP contribution in [0, 0.1) is 0 Å². The lowest BCUT2D eigenvalue weighted by atomic mass is 9.94. The van der Waals surface area contributed by atoms with Gasteiger partial charge in [-0.05, 0) is 66.7 Å². The van der Waals surface area contributed by atoms with E-state index in [9.17, 15) is 16.6 Å². The molecule has 0 bridgehead atoms. The highest BCUT2D eigenvalue weighted by molar-refractivity contribution is 5.21. The maximum absolute atomic E-state index is 11.0. The SMILES string of the molecule is [N-]=[N+]=N[C@H]1[C@H](O[C@H]2[C@H](OCc3ccccc3)[C@@H](N=[N+]=[N-])[C@H](O[C@@H]([C@H](OCc3ccccc3)[C@H](COCc3ccccc3)N=[N+]=[N-])[C@@H](COCc3ccccc3)OCc3ccccc3)O[C@@H]2COCc2ccccc2)O[C@H](COCc2ccccc2)[C@@H](OCc2ccccc2)[C@@H]1OCc1ccccc1. The molecule has 0 N–H and O–H groups in total. The monoisotopic (exact) mass is 1390 g/mol. The summed E-state index contributed by atoms with van der Waals surface area (Å²) in [5, 5.41) is 13.4. The van der Waals surface area contributed by atoms with Crippen LogP contribution >= 0.6 is 0 Å². The van der Waals surface area contributed by atoms with Crippen LogP contribution in [-0.4, -0.2) is 112 Å². The Morgan fingerprint density at radius 1 is 0.320 bits per heavy atom. The van der Waals surface area contributed by atoms with Gasteiger partial charge in [0.15, 0.2) is 12.6 Å². The molecule has 0 spiro atoms. The van der Waals surface area contributed by atoms with Gasteiger partial charge < -0.3 is 61.6 Å². The lowest BCUT2D eigenvalue weighted by Gasteiger charge is -2.50. The molecular weight excluding hydrogens is 1310 g/mol. The van der Waals surface area contributed by atoms with Crippen LogP contribution in [0.25, 0.3) is 31.3 Å². The highest BCUT2D eigenvalue weighted by atomic mass is 16.7. The molecule has 9 aromatic carbocycles.